The van der Waals surface area contributed by atoms with Crippen LogP contribution in [0.25, 0.3) is 0 Å². The first-order valence-electron chi connectivity index (χ1n) is 6.92. The highest BCUT2D eigenvalue weighted by molar-refractivity contribution is 5.70. The lowest BCUT2D eigenvalue weighted by Gasteiger charge is -2.10. The molecule has 0 aromatic rings. The van der Waals surface area contributed by atoms with Gasteiger partial charge in [-0.25, -0.2) is 4.79 Å². The second-order valence-electron chi connectivity index (χ2n) is 5.02. The Morgan fingerprint density at radius 3 is 2.53 bits per heavy atom. The first-order chi connectivity index (χ1) is 9.06. The number of hydrogen-bond donors (Lipinski definition) is 0. The summed E-state index contributed by atoms with van der Waals surface area (Å²) < 4.78 is 15.0. The van der Waals surface area contributed by atoms with E-state index >= 15 is 0 Å². The van der Waals surface area contributed by atoms with Gasteiger partial charge in [0.1, 0.15) is 6.61 Å². The van der Waals surface area contributed by atoms with E-state index in [-0.39, 0.29) is 12.6 Å². The Hall–Kier alpha value is -0.870. The predicted octanol–water partition coefficient (Wildman–Crippen LogP) is 2.97. The summed E-state index contributed by atoms with van der Waals surface area (Å²) in [6, 6.07) is 0. The minimum atomic E-state index is -0.299. The molecule has 0 aromatic heterocycles. The third-order valence-electron chi connectivity index (χ3n) is 2.74. The molecule has 0 aliphatic heterocycles. The zero-order chi connectivity index (χ0) is 14.5. The Morgan fingerprint density at radius 2 is 1.89 bits per heavy atom. The summed E-state index contributed by atoms with van der Waals surface area (Å²) in [7, 11) is 1.60. The van der Waals surface area contributed by atoms with Gasteiger partial charge in [0.05, 0.1) is 19.8 Å². The maximum absolute atomic E-state index is 11.3. The van der Waals surface area contributed by atoms with Crippen molar-refractivity contribution in [1.82, 2.24) is 0 Å². The van der Waals surface area contributed by atoms with E-state index in [1.54, 1.807) is 7.11 Å². The summed E-state index contributed by atoms with van der Waals surface area (Å²) in [4.78, 5) is 11.3. The van der Waals surface area contributed by atoms with E-state index in [4.69, 9.17) is 14.2 Å². The number of hydrogen-bond acceptors (Lipinski definition) is 4. The molecule has 1 unspecified atom stereocenters. The Bertz CT molecular complexity index is 257. The SMILES string of the molecule is COCCOCC(=O)OCCC(C)CCC=C(C)C. The fourth-order valence-electron chi connectivity index (χ4n) is 1.51. The summed E-state index contributed by atoms with van der Waals surface area (Å²) in [6.07, 6.45) is 5.37. The molecule has 0 aliphatic carbocycles. The van der Waals surface area contributed by atoms with Crippen molar-refractivity contribution in [2.24, 2.45) is 5.92 Å². The topological polar surface area (TPSA) is 44.8 Å². The van der Waals surface area contributed by atoms with E-state index in [9.17, 15) is 4.79 Å². The van der Waals surface area contributed by atoms with Crippen LogP contribution in [-0.2, 0) is 19.0 Å². The number of methoxy groups -OCH3 is 1. The molecule has 112 valence electrons. The highest BCUT2D eigenvalue weighted by Gasteiger charge is 2.05. The number of esters is 1. The van der Waals surface area contributed by atoms with Crippen LogP contribution in [0.2, 0.25) is 0 Å². The van der Waals surface area contributed by atoms with E-state index in [0.29, 0.717) is 25.7 Å². The Labute approximate surface area is 117 Å². The van der Waals surface area contributed by atoms with Gasteiger partial charge in [-0.1, -0.05) is 18.6 Å². The van der Waals surface area contributed by atoms with E-state index in [0.717, 1.165) is 19.3 Å². The number of ether oxygens (including phenoxy) is 3. The van der Waals surface area contributed by atoms with Crippen molar-refractivity contribution in [2.75, 3.05) is 33.5 Å². The highest BCUT2D eigenvalue weighted by Crippen LogP contribution is 2.11. The molecule has 0 aromatic carbocycles. The monoisotopic (exact) mass is 272 g/mol. The summed E-state index contributed by atoms with van der Waals surface area (Å²) in [6.45, 7) is 7.80. The van der Waals surface area contributed by atoms with Crippen LogP contribution in [-0.4, -0.2) is 39.5 Å². The minimum absolute atomic E-state index is 0.00943. The van der Waals surface area contributed by atoms with Gasteiger partial charge in [0.15, 0.2) is 0 Å². The van der Waals surface area contributed by atoms with Crippen molar-refractivity contribution in [3.63, 3.8) is 0 Å². The van der Waals surface area contributed by atoms with Crippen LogP contribution in [0, 0.1) is 5.92 Å². The maximum atomic E-state index is 11.3. The summed E-state index contributed by atoms with van der Waals surface area (Å²) in [5.74, 6) is 0.269. The number of allylic oxidation sites excluding steroid dienone is 2. The lowest BCUT2D eigenvalue weighted by Crippen LogP contribution is -2.16. The molecule has 0 aliphatic rings. The summed E-state index contributed by atoms with van der Waals surface area (Å²) in [5.41, 5.74) is 1.35. The number of carbonyl (C=O) groups excluding carboxylic acids is 1. The van der Waals surface area contributed by atoms with Gasteiger partial charge < -0.3 is 14.2 Å². The molecule has 0 amide bonds. The van der Waals surface area contributed by atoms with Crippen LogP contribution in [0.5, 0.6) is 0 Å². The fraction of sp³-hybridized carbons (Fsp3) is 0.800. The molecule has 0 bridgehead atoms. The van der Waals surface area contributed by atoms with Crippen LogP contribution < -0.4 is 0 Å². The van der Waals surface area contributed by atoms with Crippen molar-refractivity contribution in [3.8, 4) is 0 Å². The predicted molar refractivity (Wildman–Crippen MR) is 76.1 cm³/mol. The van der Waals surface area contributed by atoms with Crippen molar-refractivity contribution >= 4 is 5.97 Å². The first-order valence-corrected chi connectivity index (χ1v) is 6.92. The molecule has 0 rings (SSSR count). The number of rotatable bonds is 11. The van der Waals surface area contributed by atoms with E-state index < -0.39 is 0 Å². The fourth-order valence-corrected chi connectivity index (χ4v) is 1.51. The van der Waals surface area contributed by atoms with E-state index in [1.807, 2.05) is 0 Å². The zero-order valence-electron chi connectivity index (χ0n) is 12.7. The maximum Gasteiger partial charge on any atom is 0.332 e. The number of carbonyl (C=O) groups is 1. The van der Waals surface area contributed by atoms with Crippen LogP contribution >= 0.6 is 0 Å². The molecular weight excluding hydrogens is 244 g/mol. The van der Waals surface area contributed by atoms with Gasteiger partial charge in [-0.3, -0.25) is 0 Å². The van der Waals surface area contributed by atoms with Crippen molar-refractivity contribution < 1.29 is 19.0 Å². The van der Waals surface area contributed by atoms with Gasteiger partial charge in [0.2, 0.25) is 0 Å². The second-order valence-corrected chi connectivity index (χ2v) is 5.02. The van der Waals surface area contributed by atoms with Crippen LogP contribution in [0.3, 0.4) is 0 Å². The minimum Gasteiger partial charge on any atom is -0.464 e. The van der Waals surface area contributed by atoms with Crippen LogP contribution in [0.15, 0.2) is 11.6 Å². The largest absolute Gasteiger partial charge is 0.464 e. The molecule has 1 atom stereocenters. The Kier molecular flexibility index (Phi) is 11.6. The molecule has 4 nitrogen and oxygen atoms in total. The Morgan fingerprint density at radius 1 is 1.16 bits per heavy atom. The third-order valence-corrected chi connectivity index (χ3v) is 2.74. The third kappa shape index (κ3) is 13.4. The smallest absolute Gasteiger partial charge is 0.332 e. The molecule has 0 radical (unpaired) electrons. The van der Waals surface area contributed by atoms with Gasteiger partial charge in [0.25, 0.3) is 0 Å². The molecule has 0 fully saturated rings. The van der Waals surface area contributed by atoms with Crippen LogP contribution in [0.1, 0.15) is 40.0 Å². The zero-order valence-corrected chi connectivity index (χ0v) is 12.7. The average molecular weight is 272 g/mol. The van der Waals surface area contributed by atoms with Gasteiger partial charge in [-0.2, -0.15) is 0 Å². The lowest BCUT2D eigenvalue weighted by atomic mass is 10.0. The molecule has 19 heavy (non-hydrogen) atoms. The summed E-state index contributed by atoms with van der Waals surface area (Å²) >= 11 is 0. The van der Waals surface area contributed by atoms with Crippen molar-refractivity contribution in [1.29, 1.82) is 0 Å². The molecule has 0 saturated heterocycles. The molecule has 0 spiro atoms. The van der Waals surface area contributed by atoms with Crippen molar-refractivity contribution in [3.05, 3.63) is 11.6 Å². The quantitative estimate of drug-likeness (QED) is 0.329. The highest BCUT2D eigenvalue weighted by atomic mass is 16.6. The molecular formula is C15H28O4. The average Bonchev–Trinajstić information content (AvgIpc) is 2.34. The molecule has 4 heteroatoms. The second kappa shape index (κ2) is 12.2. The normalized spacial score (nSPS) is 12.0. The summed E-state index contributed by atoms with van der Waals surface area (Å²) in [5, 5.41) is 0. The Balaban J connectivity index is 3.45. The van der Waals surface area contributed by atoms with E-state index in [1.165, 1.54) is 5.57 Å². The molecule has 0 saturated carbocycles. The van der Waals surface area contributed by atoms with Gasteiger partial charge >= 0.3 is 5.97 Å². The first kappa shape index (κ1) is 18.1. The van der Waals surface area contributed by atoms with Crippen LogP contribution in [0.4, 0.5) is 0 Å². The molecule has 0 N–H and O–H groups in total. The van der Waals surface area contributed by atoms with E-state index in [2.05, 4.69) is 26.8 Å². The van der Waals surface area contributed by atoms with Gasteiger partial charge in [-0.05, 0) is 39.0 Å². The standard InChI is InChI=1S/C15H28O4/c1-13(2)6-5-7-14(3)8-9-19-15(16)12-18-11-10-17-4/h6,14H,5,7-12H2,1-4H3. The molecule has 0 heterocycles. The lowest BCUT2D eigenvalue weighted by molar-refractivity contribution is -0.149. The van der Waals surface area contributed by atoms with Crippen molar-refractivity contribution in [2.45, 2.75) is 40.0 Å². The van der Waals surface area contributed by atoms with Gasteiger partial charge in [-0.15, -0.1) is 0 Å². The van der Waals surface area contributed by atoms with Gasteiger partial charge in [0, 0.05) is 7.11 Å².